The first-order valence-corrected chi connectivity index (χ1v) is 6.74. The van der Waals surface area contributed by atoms with Gasteiger partial charge in [0, 0.05) is 13.6 Å². The molecule has 0 aliphatic rings. The van der Waals surface area contributed by atoms with Gasteiger partial charge < -0.3 is 4.57 Å². The van der Waals surface area contributed by atoms with Crippen LogP contribution < -0.4 is 11.2 Å². The summed E-state index contributed by atoms with van der Waals surface area (Å²) in [6.45, 7) is 0.541. The summed E-state index contributed by atoms with van der Waals surface area (Å²) < 4.78 is 3.43. The first-order valence-electron chi connectivity index (χ1n) is 6.74. The largest absolute Gasteiger partial charge is 0.346 e. The molecule has 0 saturated heterocycles. The highest BCUT2D eigenvalue weighted by Crippen LogP contribution is 2.08. The highest BCUT2D eigenvalue weighted by molar-refractivity contribution is 5.70. The number of nitriles is 1. The number of imidazole rings is 1. The number of aromatic nitrogens is 4. The maximum absolute atomic E-state index is 12.3. The van der Waals surface area contributed by atoms with Gasteiger partial charge in [0.15, 0.2) is 17.4 Å². The molecule has 0 bridgehead atoms. The van der Waals surface area contributed by atoms with Crippen LogP contribution in [-0.2, 0) is 20.0 Å². The Morgan fingerprint density at radius 3 is 2.57 bits per heavy atom. The molecule has 0 aliphatic heterocycles. The number of hydrogen-bond acceptors (Lipinski definition) is 4. The zero-order chi connectivity index (χ0) is 15.7. The Kier molecular flexibility index (Phi) is 4.46. The van der Waals surface area contributed by atoms with Crippen molar-refractivity contribution in [1.29, 1.82) is 5.26 Å². The topological polar surface area (TPSA) is 85.6 Å². The molecule has 0 fully saturated rings. The Morgan fingerprint density at radius 2 is 1.91 bits per heavy atom. The van der Waals surface area contributed by atoms with Crippen molar-refractivity contribution in [2.24, 2.45) is 7.05 Å². The van der Waals surface area contributed by atoms with Crippen molar-refractivity contribution in [2.45, 2.75) is 20.4 Å². The van der Waals surface area contributed by atoms with Crippen LogP contribution in [0, 0.1) is 11.5 Å². The smallest absolute Gasteiger partial charge is 0.324 e. The number of nitrogens with zero attached hydrogens (tertiary/aromatic N) is 5. The lowest BCUT2D eigenvalue weighted by molar-refractivity contribution is 0.699. The summed E-state index contributed by atoms with van der Waals surface area (Å²) in [7, 11) is 1.35. The summed E-state index contributed by atoms with van der Waals surface area (Å²) in [6, 6.07) is 9.85. The molecule has 2 heterocycles. The van der Waals surface area contributed by atoms with Crippen molar-refractivity contribution in [3.05, 3.63) is 63.1 Å². The fourth-order valence-corrected chi connectivity index (χ4v) is 2.39. The van der Waals surface area contributed by atoms with E-state index in [4.69, 9.17) is 5.26 Å². The van der Waals surface area contributed by atoms with Crippen molar-refractivity contribution in [3.8, 4) is 6.19 Å². The Hall–Kier alpha value is -3.14. The second-order valence-corrected chi connectivity index (χ2v) is 4.93. The summed E-state index contributed by atoms with van der Waals surface area (Å²) in [5.74, 6) is 0. The number of fused-ring (bicyclic) bond motifs is 1. The van der Waals surface area contributed by atoms with Crippen LogP contribution in [0.3, 0.4) is 0 Å². The molecule has 0 radical (unpaired) electrons. The first-order chi connectivity index (χ1) is 10.6. The molecule has 23 heavy (non-hydrogen) atoms. The zero-order valence-electron chi connectivity index (χ0n) is 11.9. The van der Waals surface area contributed by atoms with Crippen LogP contribution in [-0.4, -0.2) is 18.7 Å². The molecule has 0 unspecified atom stereocenters. The minimum atomic E-state index is -0.687. The standard InChI is InChI=1S/C15H13N5O2.CH4/c1-18-14(21)12-13(20(9-16)15(18)22)17-10-19(12)8-7-11-5-3-2-4-6-11;/h2-6,10H,7-8H2,1H3;1H4. The predicted molar refractivity (Wildman–Crippen MR) is 87.1 cm³/mol. The van der Waals surface area contributed by atoms with Crippen LogP contribution in [0.2, 0.25) is 0 Å². The van der Waals surface area contributed by atoms with Crippen LogP contribution in [0.15, 0.2) is 46.2 Å². The molecule has 0 atom stereocenters. The highest BCUT2D eigenvalue weighted by Gasteiger charge is 2.15. The molecule has 1 aromatic carbocycles. The molecule has 3 aromatic rings. The molecule has 7 nitrogen and oxygen atoms in total. The van der Waals surface area contributed by atoms with E-state index in [1.807, 2.05) is 30.3 Å². The van der Waals surface area contributed by atoms with Gasteiger partial charge in [0.05, 0.1) is 6.33 Å². The van der Waals surface area contributed by atoms with Gasteiger partial charge in [-0.25, -0.2) is 9.78 Å². The fraction of sp³-hybridized carbons (Fsp3) is 0.250. The number of hydrogen-bond donors (Lipinski definition) is 0. The second-order valence-electron chi connectivity index (χ2n) is 4.93. The average Bonchev–Trinajstić information content (AvgIpc) is 2.96. The number of aryl methyl sites for hydroxylation is 2. The van der Waals surface area contributed by atoms with Crippen molar-refractivity contribution >= 4 is 11.2 Å². The Bertz CT molecular complexity index is 989. The lowest BCUT2D eigenvalue weighted by Gasteiger charge is -2.05. The van der Waals surface area contributed by atoms with Gasteiger partial charge in [-0.1, -0.05) is 37.8 Å². The Balaban J connectivity index is 0.00000192. The SMILES string of the molecule is C.Cn1c(=O)c2c(ncn2CCc2ccccc2)n(C#N)c1=O. The van der Waals surface area contributed by atoms with Gasteiger partial charge in [0.1, 0.15) is 0 Å². The van der Waals surface area contributed by atoms with Gasteiger partial charge in [0.25, 0.3) is 5.56 Å². The Morgan fingerprint density at radius 1 is 1.22 bits per heavy atom. The maximum atomic E-state index is 12.3. The van der Waals surface area contributed by atoms with Gasteiger partial charge in [-0.3, -0.25) is 9.36 Å². The zero-order valence-corrected chi connectivity index (χ0v) is 11.9. The summed E-state index contributed by atoms with van der Waals surface area (Å²) >= 11 is 0. The van der Waals surface area contributed by atoms with Gasteiger partial charge in [-0.15, -0.1) is 0 Å². The number of rotatable bonds is 3. The van der Waals surface area contributed by atoms with E-state index >= 15 is 0 Å². The molecule has 0 aliphatic carbocycles. The molecule has 0 saturated carbocycles. The van der Waals surface area contributed by atoms with Gasteiger partial charge in [-0.05, 0) is 12.0 Å². The van der Waals surface area contributed by atoms with E-state index < -0.39 is 11.2 Å². The van der Waals surface area contributed by atoms with E-state index in [2.05, 4.69) is 4.98 Å². The summed E-state index contributed by atoms with van der Waals surface area (Å²) in [5, 5.41) is 9.10. The van der Waals surface area contributed by atoms with E-state index in [9.17, 15) is 9.59 Å². The third-order valence-electron chi connectivity index (χ3n) is 3.60. The molecule has 0 spiro atoms. The van der Waals surface area contributed by atoms with E-state index in [0.717, 1.165) is 21.1 Å². The molecule has 3 rings (SSSR count). The molecule has 0 N–H and O–H groups in total. The van der Waals surface area contributed by atoms with Crippen LogP contribution in [0.25, 0.3) is 11.2 Å². The quantitative estimate of drug-likeness (QED) is 0.725. The van der Waals surface area contributed by atoms with E-state index in [1.54, 1.807) is 10.8 Å². The molecular formula is C16H17N5O2. The van der Waals surface area contributed by atoms with Crippen molar-refractivity contribution in [3.63, 3.8) is 0 Å². The van der Waals surface area contributed by atoms with Crippen molar-refractivity contribution < 1.29 is 0 Å². The molecule has 0 amide bonds. The molecule has 118 valence electrons. The van der Waals surface area contributed by atoms with Crippen LogP contribution in [0.1, 0.15) is 13.0 Å². The average molecular weight is 311 g/mol. The highest BCUT2D eigenvalue weighted by atomic mass is 16.2. The van der Waals surface area contributed by atoms with Gasteiger partial charge in [-0.2, -0.15) is 9.83 Å². The van der Waals surface area contributed by atoms with Crippen molar-refractivity contribution in [1.82, 2.24) is 18.7 Å². The molecule has 2 aromatic heterocycles. The fourth-order valence-electron chi connectivity index (χ4n) is 2.39. The van der Waals surface area contributed by atoms with Gasteiger partial charge in [0.2, 0.25) is 0 Å². The molecular weight excluding hydrogens is 294 g/mol. The third-order valence-corrected chi connectivity index (χ3v) is 3.60. The van der Waals surface area contributed by atoms with Crippen LogP contribution in [0.4, 0.5) is 0 Å². The van der Waals surface area contributed by atoms with E-state index in [1.165, 1.54) is 13.4 Å². The minimum absolute atomic E-state index is 0. The maximum Gasteiger partial charge on any atom is 0.346 e. The van der Waals surface area contributed by atoms with Crippen molar-refractivity contribution in [2.75, 3.05) is 0 Å². The summed E-state index contributed by atoms with van der Waals surface area (Å²) in [5.41, 5.74) is 0.364. The van der Waals surface area contributed by atoms with Crippen LogP contribution in [0.5, 0.6) is 0 Å². The lowest BCUT2D eigenvalue weighted by Crippen LogP contribution is -2.37. The van der Waals surface area contributed by atoms with E-state index in [-0.39, 0.29) is 18.6 Å². The predicted octanol–water partition coefficient (Wildman–Crippen LogP) is 1.10. The summed E-state index contributed by atoms with van der Waals surface area (Å²) in [4.78, 5) is 28.2. The van der Waals surface area contributed by atoms with Crippen LogP contribution >= 0.6 is 0 Å². The lowest BCUT2D eigenvalue weighted by atomic mass is 10.1. The third kappa shape index (κ3) is 2.66. The normalized spacial score (nSPS) is 10.3. The number of benzene rings is 1. The Labute approximate surface area is 132 Å². The minimum Gasteiger partial charge on any atom is -0.324 e. The monoisotopic (exact) mass is 311 g/mol. The second kappa shape index (κ2) is 6.32. The molecule has 7 heteroatoms. The first kappa shape index (κ1) is 16.2. The van der Waals surface area contributed by atoms with Gasteiger partial charge >= 0.3 is 5.69 Å². The summed E-state index contributed by atoms with van der Waals surface area (Å²) in [6.07, 6.45) is 3.97. The van der Waals surface area contributed by atoms with E-state index in [0.29, 0.717) is 6.54 Å².